The van der Waals surface area contributed by atoms with Crippen LogP contribution in [0.3, 0.4) is 0 Å². The van der Waals surface area contributed by atoms with E-state index in [0.29, 0.717) is 25.9 Å². The molecule has 1 heterocycles. The average Bonchev–Trinajstić information content (AvgIpc) is 2.30. The van der Waals surface area contributed by atoms with Gasteiger partial charge in [0.25, 0.3) is 0 Å². The van der Waals surface area contributed by atoms with E-state index in [1.54, 1.807) is 0 Å². The maximum absolute atomic E-state index is 12.0. The predicted molar refractivity (Wildman–Crippen MR) is 60.2 cm³/mol. The van der Waals surface area contributed by atoms with Crippen LogP contribution in [0, 0.1) is 5.92 Å². The fraction of sp³-hybridized carbons (Fsp3) is 0.727. The molecule has 6 heteroatoms. The predicted octanol–water partition coefficient (Wildman–Crippen LogP) is -0.164. The zero-order chi connectivity index (χ0) is 12.8. The molecule has 1 rings (SSSR count). The monoisotopic (exact) mass is 242 g/mol. The van der Waals surface area contributed by atoms with Crippen molar-refractivity contribution in [1.82, 2.24) is 10.2 Å². The Balaban J connectivity index is 2.47. The minimum Gasteiger partial charge on any atom is -0.481 e. The number of hydrogen-bond donors (Lipinski definition) is 2. The third kappa shape index (κ3) is 4.05. The summed E-state index contributed by atoms with van der Waals surface area (Å²) in [6, 6.07) is 0. The van der Waals surface area contributed by atoms with E-state index in [9.17, 15) is 14.4 Å². The van der Waals surface area contributed by atoms with Gasteiger partial charge in [-0.1, -0.05) is 0 Å². The van der Waals surface area contributed by atoms with Gasteiger partial charge >= 0.3 is 5.97 Å². The van der Waals surface area contributed by atoms with Gasteiger partial charge in [0.15, 0.2) is 0 Å². The number of hydrogen-bond acceptors (Lipinski definition) is 3. The summed E-state index contributed by atoms with van der Waals surface area (Å²) in [6.45, 7) is 2.91. The molecule has 17 heavy (non-hydrogen) atoms. The van der Waals surface area contributed by atoms with Gasteiger partial charge in [0.2, 0.25) is 11.8 Å². The summed E-state index contributed by atoms with van der Waals surface area (Å²) >= 11 is 0. The second-order valence-corrected chi connectivity index (χ2v) is 4.10. The summed E-state index contributed by atoms with van der Waals surface area (Å²) in [7, 11) is 0. The molecule has 1 fully saturated rings. The number of carboxylic acids is 1. The Labute approximate surface area is 100.0 Å². The quantitative estimate of drug-likeness (QED) is 0.701. The van der Waals surface area contributed by atoms with Gasteiger partial charge < -0.3 is 15.3 Å². The zero-order valence-electron chi connectivity index (χ0n) is 9.94. The van der Waals surface area contributed by atoms with Crippen LogP contribution in [-0.4, -0.2) is 47.4 Å². The van der Waals surface area contributed by atoms with Crippen LogP contribution in [0.25, 0.3) is 0 Å². The molecule has 0 spiro atoms. The summed E-state index contributed by atoms with van der Waals surface area (Å²) in [5, 5.41) is 11.2. The summed E-state index contributed by atoms with van der Waals surface area (Å²) in [5.74, 6) is -1.20. The molecule has 1 atom stereocenters. The Morgan fingerprint density at radius 1 is 1.53 bits per heavy atom. The number of nitrogens with one attached hydrogen (secondary N) is 1. The number of carbonyl (C=O) groups is 3. The van der Waals surface area contributed by atoms with Gasteiger partial charge in [-0.2, -0.15) is 0 Å². The van der Waals surface area contributed by atoms with Crippen LogP contribution in [0.2, 0.25) is 0 Å². The van der Waals surface area contributed by atoms with Gasteiger partial charge in [-0.05, 0) is 13.3 Å². The molecular formula is C11H18N2O4. The lowest BCUT2D eigenvalue weighted by Crippen LogP contribution is -2.45. The number of amides is 2. The Morgan fingerprint density at radius 2 is 2.24 bits per heavy atom. The first-order chi connectivity index (χ1) is 8.04. The molecule has 2 N–H and O–H groups in total. The Kier molecular flexibility index (Phi) is 4.93. The smallest absolute Gasteiger partial charge is 0.305 e. The summed E-state index contributed by atoms with van der Waals surface area (Å²) in [6.07, 6.45) is 0.875. The maximum atomic E-state index is 12.0. The van der Waals surface area contributed by atoms with E-state index in [1.807, 2.05) is 6.92 Å². The molecule has 0 radical (unpaired) electrons. The fourth-order valence-electron chi connectivity index (χ4n) is 1.86. The van der Waals surface area contributed by atoms with Crippen LogP contribution in [0.4, 0.5) is 0 Å². The van der Waals surface area contributed by atoms with E-state index in [1.165, 1.54) is 4.90 Å². The van der Waals surface area contributed by atoms with Crippen molar-refractivity contribution in [3.63, 3.8) is 0 Å². The van der Waals surface area contributed by atoms with Crippen LogP contribution >= 0.6 is 0 Å². The topological polar surface area (TPSA) is 86.7 Å². The third-order valence-electron chi connectivity index (χ3n) is 2.90. The van der Waals surface area contributed by atoms with Gasteiger partial charge in [0.05, 0.1) is 12.3 Å². The molecule has 0 bridgehead atoms. The molecule has 1 unspecified atom stereocenters. The number of piperidine rings is 1. The molecule has 0 saturated carbocycles. The van der Waals surface area contributed by atoms with E-state index < -0.39 is 5.97 Å². The highest BCUT2D eigenvalue weighted by molar-refractivity contribution is 5.84. The highest BCUT2D eigenvalue weighted by Gasteiger charge is 2.27. The first-order valence-corrected chi connectivity index (χ1v) is 5.81. The molecule has 0 aromatic rings. The maximum Gasteiger partial charge on any atom is 0.305 e. The molecule has 6 nitrogen and oxygen atoms in total. The van der Waals surface area contributed by atoms with E-state index in [4.69, 9.17) is 5.11 Å². The van der Waals surface area contributed by atoms with Gasteiger partial charge in [-0.25, -0.2) is 0 Å². The van der Waals surface area contributed by atoms with Crippen molar-refractivity contribution in [3.05, 3.63) is 0 Å². The molecular weight excluding hydrogens is 224 g/mol. The second-order valence-electron chi connectivity index (χ2n) is 4.10. The van der Waals surface area contributed by atoms with Gasteiger partial charge in [-0.3, -0.25) is 14.4 Å². The van der Waals surface area contributed by atoms with Crippen molar-refractivity contribution >= 4 is 17.8 Å². The van der Waals surface area contributed by atoms with Crippen molar-refractivity contribution < 1.29 is 19.5 Å². The first kappa shape index (κ1) is 13.5. The van der Waals surface area contributed by atoms with Gasteiger partial charge in [-0.15, -0.1) is 0 Å². The molecule has 0 aromatic carbocycles. The van der Waals surface area contributed by atoms with Crippen molar-refractivity contribution in [2.45, 2.75) is 26.2 Å². The lowest BCUT2D eigenvalue weighted by Gasteiger charge is -2.28. The Morgan fingerprint density at radius 3 is 2.71 bits per heavy atom. The van der Waals surface area contributed by atoms with Crippen molar-refractivity contribution in [3.8, 4) is 0 Å². The van der Waals surface area contributed by atoms with Crippen LogP contribution in [0.1, 0.15) is 26.2 Å². The number of carbonyl (C=O) groups excluding carboxylic acids is 2. The number of aliphatic carboxylic acids is 1. The molecule has 2 amide bonds. The van der Waals surface area contributed by atoms with E-state index in [2.05, 4.69) is 5.32 Å². The minimum absolute atomic E-state index is 0.0253. The SMILES string of the molecule is CCN(CCC(=O)O)C(=O)C1CCC(=O)NC1. The lowest BCUT2D eigenvalue weighted by molar-refractivity contribution is -0.140. The fourth-order valence-corrected chi connectivity index (χ4v) is 1.86. The normalized spacial score (nSPS) is 19.6. The highest BCUT2D eigenvalue weighted by atomic mass is 16.4. The molecule has 1 saturated heterocycles. The largest absolute Gasteiger partial charge is 0.481 e. The van der Waals surface area contributed by atoms with Crippen molar-refractivity contribution in [1.29, 1.82) is 0 Å². The Hall–Kier alpha value is -1.59. The van der Waals surface area contributed by atoms with Crippen LogP contribution in [0.5, 0.6) is 0 Å². The van der Waals surface area contributed by atoms with Gasteiger partial charge in [0.1, 0.15) is 0 Å². The van der Waals surface area contributed by atoms with Crippen LogP contribution in [-0.2, 0) is 14.4 Å². The molecule has 1 aliphatic rings. The standard InChI is InChI=1S/C11H18N2O4/c1-2-13(6-5-10(15)16)11(17)8-3-4-9(14)12-7-8/h8H,2-7H2,1H3,(H,12,14)(H,15,16). The number of nitrogens with zero attached hydrogens (tertiary/aromatic N) is 1. The van der Waals surface area contributed by atoms with Crippen LogP contribution in [0.15, 0.2) is 0 Å². The van der Waals surface area contributed by atoms with Crippen molar-refractivity contribution in [2.75, 3.05) is 19.6 Å². The summed E-state index contributed by atoms with van der Waals surface area (Å²) in [5.41, 5.74) is 0. The Bertz CT molecular complexity index is 307. The zero-order valence-corrected chi connectivity index (χ0v) is 9.94. The van der Waals surface area contributed by atoms with E-state index >= 15 is 0 Å². The molecule has 1 aliphatic heterocycles. The minimum atomic E-state index is -0.909. The van der Waals surface area contributed by atoms with E-state index in [0.717, 1.165) is 0 Å². The summed E-state index contributed by atoms with van der Waals surface area (Å²) in [4.78, 5) is 35.0. The molecule has 0 aliphatic carbocycles. The lowest BCUT2D eigenvalue weighted by atomic mass is 9.97. The molecule has 0 aromatic heterocycles. The van der Waals surface area contributed by atoms with Crippen molar-refractivity contribution in [2.24, 2.45) is 5.92 Å². The van der Waals surface area contributed by atoms with E-state index in [-0.39, 0.29) is 30.7 Å². The van der Waals surface area contributed by atoms with Crippen LogP contribution < -0.4 is 5.32 Å². The van der Waals surface area contributed by atoms with Gasteiger partial charge in [0, 0.05) is 26.1 Å². The number of rotatable bonds is 5. The third-order valence-corrected chi connectivity index (χ3v) is 2.90. The summed E-state index contributed by atoms with van der Waals surface area (Å²) < 4.78 is 0. The second kappa shape index (κ2) is 6.22. The molecule has 96 valence electrons. The first-order valence-electron chi connectivity index (χ1n) is 5.81. The highest BCUT2D eigenvalue weighted by Crippen LogP contribution is 2.14. The number of carboxylic acid groups (broad SMARTS) is 1. The average molecular weight is 242 g/mol.